The minimum Gasteiger partial charge on any atom is -0.455 e. The summed E-state index contributed by atoms with van der Waals surface area (Å²) >= 11 is 3.78. The maximum absolute atomic E-state index is 6.81. The molecule has 0 aliphatic heterocycles. The molecule has 300 valence electrons. The van der Waals surface area contributed by atoms with Gasteiger partial charge in [-0.15, -0.1) is 22.7 Å². The number of furan rings is 2. The molecular formula is C60H36O2S2. The molecule has 14 rings (SSSR count). The highest BCUT2D eigenvalue weighted by atomic mass is 32.1. The van der Waals surface area contributed by atoms with Gasteiger partial charge in [0.05, 0.1) is 0 Å². The molecule has 10 aromatic carbocycles. The zero-order chi connectivity index (χ0) is 41.9. The lowest BCUT2D eigenvalue weighted by Gasteiger charge is -2.20. The van der Waals surface area contributed by atoms with Crippen molar-refractivity contribution in [2.45, 2.75) is 11.8 Å². The normalized spacial score (nSPS) is 13.2. The smallest absolute Gasteiger partial charge is 0.143 e. The van der Waals surface area contributed by atoms with Gasteiger partial charge in [0.25, 0.3) is 0 Å². The second-order valence-corrected chi connectivity index (χ2v) is 19.1. The molecule has 0 bridgehead atoms. The molecule has 64 heavy (non-hydrogen) atoms. The molecule has 0 spiro atoms. The van der Waals surface area contributed by atoms with Crippen LogP contribution in [0, 0.1) is 0 Å². The molecular weight excluding hydrogens is 817 g/mol. The van der Waals surface area contributed by atoms with Crippen LogP contribution in [-0.2, 0) is 0 Å². The van der Waals surface area contributed by atoms with Gasteiger partial charge >= 0.3 is 0 Å². The van der Waals surface area contributed by atoms with E-state index in [1.54, 1.807) is 0 Å². The Kier molecular flexibility index (Phi) is 7.88. The van der Waals surface area contributed by atoms with Crippen molar-refractivity contribution >= 4 is 118 Å². The molecule has 14 aromatic rings. The molecule has 0 N–H and O–H groups in total. The summed E-state index contributed by atoms with van der Waals surface area (Å²) < 4.78 is 18.9. The monoisotopic (exact) mass is 852 g/mol. The molecule has 2 atom stereocenters. The lowest BCUT2D eigenvalue weighted by molar-refractivity contribution is 0.669. The molecule has 4 heterocycles. The first kappa shape index (κ1) is 36.0. The second-order valence-electron chi connectivity index (χ2n) is 17.0. The first-order chi connectivity index (χ1) is 31.7. The SMILES string of the molecule is c1ccc(C(c2ccc3oc4c(ccc5c4ccc4c6cc(C(c7ccccc7)c7cccc8c7sc7ccccc78)ccc6oc45)c3c2)c2cccc3c2sc2ccccc23)cc1. The van der Waals surface area contributed by atoms with Gasteiger partial charge in [0.1, 0.15) is 22.3 Å². The van der Waals surface area contributed by atoms with Crippen LogP contribution in [0.1, 0.15) is 45.2 Å². The predicted molar refractivity (Wildman–Crippen MR) is 272 cm³/mol. The fraction of sp³-hybridized carbons (Fsp3) is 0.0333. The third kappa shape index (κ3) is 5.37. The van der Waals surface area contributed by atoms with E-state index in [0.717, 1.165) is 54.6 Å². The minimum absolute atomic E-state index is 0.0483. The fourth-order valence-electron chi connectivity index (χ4n) is 10.7. The maximum atomic E-state index is 6.81. The van der Waals surface area contributed by atoms with Crippen molar-refractivity contribution in [3.63, 3.8) is 0 Å². The molecule has 0 amide bonds. The minimum atomic E-state index is 0.0483. The van der Waals surface area contributed by atoms with Gasteiger partial charge in [-0.3, -0.25) is 0 Å². The van der Waals surface area contributed by atoms with Crippen LogP contribution in [0.4, 0.5) is 0 Å². The quantitative estimate of drug-likeness (QED) is 0.156. The van der Waals surface area contributed by atoms with Crippen molar-refractivity contribution in [3.05, 3.63) is 240 Å². The Bertz CT molecular complexity index is 3880. The van der Waals surface area contributed by atoms with E-state index in [9.17, 15) is 0 Å². The van der Waals surface area contributed by atoms with Gasteiger partial charge < -0.3 is 8.83 Å². The molecule has 0 aliphatic carbocycles. The average molecular weight is 853 g/mol. The van der Waals surface area contributed by atoms with Crippen molar-refractivity contribution in [1.29, 1.82) is 0 Å². The summed E-state index contributed by atoms with van der Waals surface area (Å²) in [4.78, 5) is 0. The summed E-state index contributed by atoms with van der Waals surface area (Å²) in [5, 5.41) is 11.8. The van der Waals surface area contributed by atoms with Gasteiger partial charge in [-0.1, -0.05) is 146 Å². The largest absolute Gasteiger partial charge is 0.455 e. The van der Waals surface area contributed by atoms with Crippen LogP contribution in [0.15, 0.2) is 215 Å². The average Bonchev–Trinajstić information content (AvgIpc) is 4.13. The molecule has 4 aromatic heterocycles. The van der Waals surface area contributed by atoms with Crippen LogP contribution in [0.5, 0.6) is 0 Å². The molecule has 0 aliphatic rings. The molecule has 0 radical (unpaired) electrons. The second kappa shape index (κ2) is 14.0. The summed E-state index contributed by atoms with van der Waals surface area (Å²) in [6.07, 6.45) is 0. The summed E-state index contributed by atoms with van der Waals surface area (Å²) in [6.45, 7) is 0. The number of benzene rings is 10. The topological polar surface area (TPSA) is 26.3 Å². The predicted octanol–water partition coefficient (Wildman–Crippen LogP) is 17.7. The highest BCUT2D eigenvalue weighted by Gasteiger charge is 2.25. The van der Waals surface area contributed by atoms with Gasteiger partial charge in [-0.05, 0) is 94.0 Å². The number of rotatable bonds is 6. The van der Waals surface area contributed by atoms with Crippen LogP contribution in [0.25, 0.3) is 95.0 Å². The Hall–Kier alpha value is -7.50. The first-order valence-corrected chi connectivity index (χ1v) is 23.5. The van der Waals surface area contributed by atoms with Crippen LogP contribution in [-0.4, -0.2) is 0 Å². The van der Waals surface area contributed by atoms with E-state index in [2.05, 4.69) is 206 Å². The van der Waals surface area contributed by atoms with E-state index in [4.69, 9.17) is 8.83 Å². The highest BCUT2D eigenvalue weighted by molar-refractivity contribution is 7.26. The van der Waals surface area contributed by atoms with E-state index in [-0.39, 0.29) is 11.8 Å². The highest BCUT2D eigenvalue weighted by Crippen LogP contribution is 2.47. The summed E-state index contributed by atoms with van der Waals surface area (Å²) in [5.41, 5.74) is 11.2. The van der Waals surface area contributed by atoms with Crippen molar-refractivity contribution in [2.24, 2.45) is 0 Å². The maximum Gasteiger partial charge on any atom is 0.143 e. The Morgan fingerprint density at radius 3 is 1.12 bits per heavy atom. The third-order valence-corrected chi connectivity index (χ3v) is 16.0. The van der Waals surface area contributed by atoms with Crippen molar-refractivity contribution < 1.29 is 8.83 Å². The number of hydrogen-bond donors (Lipinski definition) is 0. The van der Waals surface area contributed by atoms with Crippen molar-refractivity contribution in [3.8, 4) is 0 Å². The summed E-state index contributed by atoms with van der Waals surface area (Å²) in [7, 11) is 0. The number of hydrogen-bond acceptors (Lipinski definition) is 4. The van der Waals surface area contributed by atoms with Gasteiger partial charge in [0, 0.05) is 84.5 Å². The van der Waals surface area contributed by atoms with Gasteiger partial charge in [-0.2, -0.15) is 0 Å². The van der Waals surface area contributed by atoms with E-state index in [1.165, 1.54) is 73.7 Å². The Labute approximate surface area is 375 Å². The molecule has 4 heteroatoms. The van der Waals surface area contributed by atoms with Gasteiger partial charge in [0.2, 0.25) is 0 Å². The van der Waals surface area contributed by atoms with Crippen molar-refractivity contribution in [1.82, 2.24) is 0 Å². The van der Waals surface area contributed by atoms with Gasteiger partial charge in [-0.25, -0.2) is 0 Å². The zero-order valence-electron chi connectivity index (χ0n) is 34.4. The summed E-state index contributed by atoms with van der Waals surface area (Å²) in [5.74, 6) is 0.0966. The molecule has 2 nitrogen and oxygen atoms in total. The molecule has 0 saturated carbocycles. The Morgan fingerprint density at radius 2 is 0.672 bits per heavy atom. The van der Waals surface area contributed by atoms with E-state index in [1.807, 2.05) is 22.7 Å². The van der Waals surface area contributed by atoms with Crippen LogP contribution in [0.3, 0.4) is 0 Å². The third-order valence-electron chi connectivity index (χ3n) is 13.5. The first-order valence-electron chi connectivity index (χ1n) is 21.9. The van der Waals surface area contributed by atoms with E-state index >= 15 is 0 Å². The lowest BCUT2D eigenvalue weighted by atomic mass is 9.84. The summed E-state index contributed by atoms with van der Waals surface area (Å²) in [6, 6.07) is 75.5. The molecule has 2 unspecified atom stereocenters. The van der Waals surface area contributed by atoms with Crippen LogP contribution >= 0.6 is 22.7 Å². The van der Waals surface area contributed by atoms with Gasteiger partial charge in [0.15, 0.2) is 0 Å². The Morgan fingerprint density at radius 1 is 0.281 bits per heavy atom. The van der Waals surface area contributed by atoms with Crippen LogP contribution in [0.2, 0.25) is 0 Å². The zero-order valence-corrected chi connectivity index (χ0v) is 36.1. The lowest BCUT2D eigenvalue weighted by Crippen LogP contribution is -2.03. The fourth-order valence-corrected chi connectivity index (χ4v) is 13.1. The Balaban J connectivity index is 0.915. The number of fused-ring (bicyclic) bond motifs is 15. The van der Waals surface area contributed by atoms with Crippen molar-refractivity contribution in [2.75, 3.05) is 0 Å². The van der Waals surface area contributed by atoms with E-state index in [0.29, 0.717) is 0 Å². The molecule has 0 fully saturated rings. The standard InChI is InChI=1S/C60H36O2S2/c1-3-13-35(14-4-1)55(47-21-11-19-45-39-17-7-9-23-53(39)63-59(45)47)37-25-31-51-49(33-37)43-29-27-42-41(57(43)61-51)28-30-44-50-34-38(26-32-52(50)62-58(42)44)56(36-15-5-2-6-16-36)48-22-12-20-46-40-18-8-10-24-54(40)64-60(46)48/h1-34,55-56H. The van der Waals surface area contributed by atoms with E-state index < -0.39 is 0 Å². The van der Waals surface area contributed by atoms with Crippen LogP contribution < -0.4 is 0 Å². The number of thiophene rings is 2. The molecule has 0 saturated heterocycles.